The first-order valence-electron chi connectivity index (χ1n) is 4.33. The Bertz CT molecular complexity index is 260. The number of hydrogen-bond acceptors (Lipinski definition) is 4. The van der Waals surface area contributed by atoms with Crippen LogP contribution >= 0.6 is 0 Å². The van der Waals surface area contributed by atoms with E-state index in [-0.39, 0.29) is 0 Å². The largest absolute Gasteiger partial charge is 0.357 e. The van der Waals surface area contributed by atoms with Crippen molar-refractivity contribution in [1.29, 1.82) is 0 Å². The van der Waals surface area contributed by atoms with Gasteiger partial charge in [-0.25, -0.2) is 0 Å². The molecule has 1 N–H and O–H groups in total. The van der Waals surface area contributed by atoms with Crippen LogP contribution in [0.3, 0.4) is 0 Å². The summed E-state index contributed by atoms with van der Waals surface area (Å²) < 4.78 is 5.27. The smallest absolute Gasteiger partial charge is 0.254 e. The number of rotatable bonds is 3. The number of hydrogen-bond donors (Lipinski definition) is 1. The molecule has 13 heavy (non-hydrogen) atoms. The Morgan fingerprint density at radius 3 is 2.69 bits per heavy atom. The summed E-state index contributed by atoms with van der Waals surface area (Å²) in [5, 5.41) is 2.79. The number of Topliss-reactive ketones (excluding diaryl/α,β-unsaturated/α-hetero) is 1. The van der Waals surface area contributed by atoms with Gasteiger partial charge in [-0.05, 0) is 6.92 Å². The maximum atomic E-state index is 11.5. The molecule has 1 heterocycles. The lowest BCUT2D eigenvalue weighted by atomic mass is 9.99. The van der Waals surface area contributed by atoms with Crippen LogP contribution in [-0.4, -0.2) is 23.9 Å². The normalized spacial score (nSPS) is 27.5. The third-order valence-electron chi connectivity index (χ3n) is 2.03. The van der Waals surface area contributed by atoms with Gasteiger partial charge in [0.05, 0.1) is 0 Å². The molecule has 1 atom stereocenters. The van der Waals surface area contributed by atoms with Gasteiger partial charge < -0.3 is 10.1 Å². The van der Waals surface area contributed by atoms with E-state index in [1.165, 1.54) is 12.3 Å². The second-order valence-electron chi connectivity index (χ2n) is 2.78. The van der Waals surface area contributed by atoms with Crippen molar-refractivity contribution in [3.05, 3.63) is 12.3 Å². The summed E-state index contributed by atoms with van der Waals surface area (Å²) in [5.74, 6) is -1.02. The molecule has 1 aliphatic rings. The van der Waals surface area contributed by atoms with E-state index in [4.69, 9.17) is 4.74 Å². The number of ketones is 2. The fourth-order valence-electron chi connectivity index (χ4n) is 1.31. The van der Waals surface area contributed by atoms with Gasteiger partial charge in [0.1, 0.15) is 0 Å². The molecular formula is C9H13NO3. The summed E-state index contributed by atoms with van der Waals surface area (Å²) in [5.41, 5.74) is -1.12. The van der Waals surface area contributed by atoms with Crippen LogP contribution < -0.4 is 5.32 Å². The molecule has 0 aromatic carbocycles. The highest BCUT2D eigenvalue weighted by atomic mass is 16.5. The van der Waals surface area contributed by atoms with Crippen molar-refractivity contribution in [2.75, 3.05) is 6.61 Å². The van der Waals surface area contributed by atoms with Crippen LogP contribution in [-0.2, 0) is 14.3 Å². The molecule has 1 unspecified atom stereocenters. The second-order valence-corrected chi connectivity index (χ2v) is 2.78. The number of nitrogens with one attached hydrogen (secondary N) is 1. The van der Waals surface area contributed by atoms with E-state index in [2.05, 4.69) is 5.32 Å². The van der Waals surface area contributed by atoms with Crippen molar-refractivity contribution in [2.24, 2.45) is 0 Å². The van der Waals surface area contributed by atoms with Gasteiger partial charge >= 0.3 is 0 Å². The molecule has 0 aromatic rings. The van der Waals surface area contributed by atoms with Gasteiger partial charge in [-0.15, -0.1) is 0 Å². The maximum Gasteiger partial charge on any atom is 0.254 e. The van der Waals surface area contributed by atoms with Crippen LogP contribution in [0.2, 0.25) is 0 Å². The zero-order valence-electron chi connectivity index (χ0n) is 7.79. The van der Waals surface area contributed by atoms with E-state index in [9.17, 15) is 9.59 Å². The van der Waals surface area contributed by atoms with E-state index < -0.39 is 17.3 Å². The van der Waals surface area contributed by atoms with E-state index in [1.807, 2.05) is 0 Å². The second kappa shape index (κ2) is 3.70. The Kier molecular flexibility index (Phi) is 2.83. The van der Waals surface area contributed by atoms with Crippen LogP contribution in [0.5, 0.6) is 0 Å². The lowest BCUT2D eigenvalue weighted by Gasteiger charge is -2.32. The fourth-order valence-corrected chi connectivity index (χ4v) is 1.31. The molecule has 1 rings (SSSR count). The van der Waals surface area contributed by atoms with E-state index in [0.717, 1.165) is 0 Å². The Morgan fingerprint density at radius 2 is 2.15 bits per heavy atom. The summed E-state index contributed by atoms with van der Waals surface area (Å²) in [7, 11) is 0. The molecule has 0 aliphatic carbocycles. The lowest BCUT2D eigenvalue weighted by Crippen LogP contribution is -2.56. The summed E-state index contributed by atoms with van der Waals surface area (Å²) in [6, 6.07) is 0. The van der Waals surface area contributed by atoms with Crippen LogP contribution in [0.25, 0.3) is 0 Å². The number of ether oxygens (including phenoxy) is 1. The standard InChI is InChI=1S/C9H13NO3/c1-3-9(13-4-2)8(12)7(11)5-6-10-9/h5-6,10H,3-4H2,1-2H3. The Balaban J connectivity index is 2.92. The highest BCUT2D eigenvalue weighted by Crippen LogP contribution is 2.17. The van der Waals surface area contributed by atoms with Gasteiger partial charge in [-0.3, -0.25) is 9.59 Å². The summed E-state index contributed by atoms with van der Waals surface area (Å²) in [6.07, 6.45) is 3.12. The van der Waals surface area contributed by atoms with E-state index in [0.29, 0.717) is 13.0 Å². The first kappa shape index (κ1) is 9.92. The lowest BCUT2D eigenvalue weighted by molar-refractivity contribution is -0.155. The van der Waals surface area contributed by atoms with Gasteiger partial charge in [-0.1, -0.05) is 6.92 Å². The van der Waals surface area contributed by atoms with Crippen LogP contribution in [0.4, 0.5) is 0 Å². The molecule has 4 nitrogen and oxygen atoms in total. The Labute approximate surface area is 76.9 Å². The van der Waals surface area contributed by atoms with Gasteiger partial charge in [0.15, 0.2) is 0 Å². The minimum Gasteiger partial charge on any atom is -0.357 e. The fraction of sp³-hybridized carbons (Fsp3) is 0.556. The molecule has 4 heteroatoms. The molecule has 0 saturated carbocycles. The quantitative estimate of drug-likeness (QED) is 0.643. The zero-order chi connectivity index (χ0) is 9.90. The average Bonchev–Trinajstić information content (AvgIpc) is 2.13. The third kappa shape index (κ3) is 1.62. The first-order chi connectivity index (χ1) is 6.16. The Morgan fingerprint density at radius 1 is 1.46 bits per heavy atom. The van der Waals surface area contributed by atoms with Crippen molar-refractivity contribution >= 4 is 11.6 Å². The minimum absolute atomic E-state index is 0.397. The van der Waals surface area contributed by atoms with Gasteiger partial charge in [-0.2, -0.15) is 0 Å². The number of carbonyl (C=O) groups excluding carboxylic acids is 2. The number of allylic oxidation sites excluding steroid dienone is 1. The van der Waals surface area contributed by atoms with E-state index in [1.54, 1.807) is 13.8 Å². The monoisotopic (exact) mass is 183 g/mol. The predicted molar refractivity (Wildman–Crippen MR) is 46.9 cm³/mol. The predicted octanol–water partition coefficient (Wildman–Crippen LogP) is 0.384. The number of carbonyl (C=O) groups is 2. The molecule has 0 saturated heterocycles. The van der Waals surface area contributed by atoms with Crippen molar-refractivity contribution in [3.8, 4) is 0 Å². The van der Waals surface area contributed by atoms with Crippen LogP contribution in [0.15, 0.2) is 12.3 Å². The molecule has 0 aromatic heterocycles. The van der Waals surface area contributed by atoms with Crippen molar-refractivity contribution < 1.29 is 14.3 Å². The van der Waals surface area contributed by atoms with Crippen molar-refractivity contribution in [2.45, 2.75) is 26.0 Å². The topological polar surface area (TPSA) is 55.4 Å². The van der Waals surface area contributed by atoms with Crippen LogP contribution in [0.1, 0.15) is 20.3 Å². The average molecular weight is 183 g/mol. The molecule has 0 fully saturated rings. The third-order valence-corrected chi connectivity index (χ3v) is 2.03. The Hall–Kier alpha value is -1.16. The summed E-state index contributed by atoms with van der Waals surface area (Å²) in [6.45, 7) is 3.98. The van der Waals surface area contributed by atoms with Gasteiger partial charge in [0.2, 0.25) is 11.5 Å². The molecular weight excluding hydrogens is 170 g/mol. The van der Waals surface area contributed by atoms with Crippen molar-refractivity contribution in [3.63, 3.8) is 0 Å². The molecule has 0 spiro atoms. The molecule has 0 bridgehead atoms. The van der Waals surface area contributed by atoms with Crippen LogP contribution in [0, 0.1) is 0 Å². The van der Waals surface area contributed by atoms with Gasteiger partial charge in [0, 0.05) is 25.3 Å². The molecule has 1 aliphatic heterocycles. The molecule has 0 amide bonds. The van der Waals surface area contributed by atoms with Crippen molar-refractivity contribution in [1.82, 2.24) is 5.32 Å². The highest BCUT2D eigenvalue weighted by molar-refractivity contribution is 6.44. The summed E-state index contributed by atoms with van der Waals surface area (Å²) >= 11 is 0. The minimum atomic E-state index is -1.12. The SMILES string of the molecule is CCOC1(CC)NC=CC(=O)C1=O. The summed E-state index contributed by atoms with van der Waals surface area (Å²) in [4.78, 5) is 22.6. The maximum absolute atomic E-state index is 11.5. The first-order valence-corrected chi connectivity index (χ1v) is 4.33. The van der Waals surface area contributed by atoms with E-state index >= 15 is 0 Å². The van der Waals surface area contributed by atoms with Gasteiger partial charge in [0.25, 0.3) is 5.78 Å². The molecule has 0 radical (unpaired) electrons. The molecule has 72 valence electrons. The highest BCUT2D eigenvalue weighted by Gasteiger charge is 2.41. The zero-order valence-corrected chi connectivity index (χ0v) is 7.79.